The third-order valence-corrected chi connectivity index (χ3v) is 9.06. The summed E-state index contributed by atoms with van der Waals surface area (Å²) in [5.41, 5.74) is 0.687. The van der Waals surface area contributed by atoms with Crippen molar-refractivity contribution in [3.63, 3.8) is 0 Å². The Kier molecular flexibility index (Phi) is 5.51. The number of ether oxygens (including phenoxy) is 4. The lowest BCUT2D eigenvalue weighted by molar-refractivity contribution is -0.153. The Balaban J connectivity index is 1.33. The largest absolute Gasteiger partial charge is 0.462 e. The second kappa shape index (κ2) is 8.39. The van der Waals surface area contributed by atoms with Crippen LogP contribution in [0.25, 0.3) is 10.1 Å². The molecule has 9 heteroatoms. The molecule has 4 aliphatic rings. The molecule has 3 aliphatic heterocycles. The Morgan fingerprint density at radius 2 is 2.00 bits per heavy atom. The molecular formula is C27H29NO7S. The molecule has 1 aromatic carbocycles. The van der Waals surface area contributed by atoms with Gasteiger partial charge < -0.3 is 18.9 Å². The minimum atomic E-state index is -0.731. The third kappa shape index (κ3) is 3.76. The molecule has 4 heterocycles. The predicted molar refractivity (Wildman–Crippen MR) is 131 cm³/mol. The molecule has 36 heavy (non-hydrogen) atoms. The van der Waals surface area contributed by atoms with Crippen LogP contribution in [0.2, 0.25) is 0 Å². The highest BCUT2D eigenvalue weighted by Gasteiger charge is 2.65. The van der Waals surface area contributed by atoms with Crippen molar-refractivity contribution < 1.29 is 33.3 Å². The normalized spacial score (nSPS) is 37.1. The molecule has 0 spiro atoms. The maximum absolute atomic E-state index is 13.3. The second-order valence-corrected chi connectivity index (χ2v) is 11.6. The molecule has 6 rings (SSSR count). The van der Waals surface area contributed by atoms with Crippen molar-refractivity contribution in [2.45, 2.75) is 62.7 Å². The first-order valence-corrected chi connectivity index (χ1v) is 13.2. The van der Waals surface area contributed by atoms with Crippen LogP contribution in [0, 0.1) is 11.8 Å². The number of epoxide rings is 1. The van der Waals surface area contributed by atoms with E-state index in [4.69, 9.17) is 18.9 Å². The number of esters is 3. The first kappa shape index (κ1) is 23.6. The van der Waals surface area contributed by atoms with Crippen molar-refractivity contribution in [2.75, 3.05) is 14.1 Å². The van der Waals surface area contributed by atoms with Crippen LogP contribution in [0.5, 0.6) is 0 Å². The highest BCUT2D eigenvalue weighted by molar-refractivity contribution is 7.17. The van der Waals surface area contributed by atoms with Crippen molar-refractivity contribution in [3.8, 4) is 0 Å². The van der Waals surface area contributed by atoms with E-state index in [0.29, 0.717) is 12.0 Å². The van der Waals surface area contributed by atoms with Gasteiger partial charge in [0.25, 0.3) is 0 Å². The SMILES string of the molecule is CC1C(=O)O[C@H]2C[C@]3(C)O[C@H]3[C@H](OC(=O)Cc3csc4ccccc34)[C@@H](N(C)C)C3=C[C@@H](OC3=O)[C@H]12. The highest BCUT2D eigenvalue weighted by atomic mass is 32.1. The molecule has 0 saturated carbocycles. The Morgan fingerprint density at radius 1 is 1.22 bits per heavy atom. The number of carbonyl (C=O) groups is 3. The van der Waals surface area contributed by atoms with Crippen LogP contribution in [0.3, 0.4) is 0 Å². The Morgan fingerprint density at radius 3 is 2.78 bits per heavy atom. The summed E-state index contributed by atoms with van der Waals surface area (Å²) in [6.45, 7) is 3.76. The lowest BCUT2D eigenvalue weighted by atomic mass is 9.79. The lowest BCUT2D eigenvalue weighted by Gasteiger charge is -2.32. The van der Waals surface area contributed by atoms with Crippen molar-refractivity contribution in [2.24, 2.45) is 11.8 Å². The van der Waals surface area contributed by atoms with E-state index in [2.05, 4.69) is 0 Å². The minimum absolute atomic E-state index is 0.121. The van der Waals surface area contributed by atoms with Gasteiger partial charge >= 0.3 is 17.9 Å². The summed E-state index contributed by atoms with van der Waals surface area (Å²) in [4.78, 5) is 40.7. The zero-order chi connectivity index (χ0) is 25.4. The van der Waals surface area contributed by atoms with Crippen LogP contribution in [-0.2, 0) is 39.8 Å². The van der Waals surface area contributed by atoms with E-state index in [-0.39, 0.29) is 24.3 Å². The van der Waals surface area contributed by atoms with E-state index in [1.54, 1.807) is 17.4 Å². The van der Waals surface area contributed by atoms with E-state index in [1.165, 1.54) is 0 Å². The number of hydrogen-bond acceptors (Lipinski definition) is 9. The molecule has 0 amide bonds. The fourth-order valence-electron chi connectivity index (χ4n) is 6.16. The van der Waals surface area contributed by atoms with E-state index < -0.39 is 47.9 Å². The quantitative estimate of drug-likeness (QED) is 0.351. The summed E-state index contributed by atoms with van der Waals surface area (Å²) < 4.78 is 24.9. The first-order chi connectivity index (χ1) is 17.2. The molecule has 0 radical (unpaired) electrons. The summed E-state index contributed by atoms with van der Waals surface area (Å²) >= 11 is 1.59. The summed E-state index contributed by atoms with van der Waals surface area (Å²) in [7, 11) is 3.69. The van der Waals surface area contributed by atoms with Gasteiger partial charge in [0.15, 0.2) is 6.10 Å². The van der Waals surface area contributed by atoms with Gasteiger partial charge in [0.2, 0.25) is 0 Å². The number of rotatable bonds is 4. The number of likely N-dealkylation sites (N-methyl/N-ethyl adjacent to an activating group) is 1. The molecule has 2 bridgehead atoms. The molecule has 1 aliphatic carbocycles. The van der Waals surface area contributed by atoms with Gasteiger partial charge in [-0.2, -0.15) is 0 Å². The summed E-state index contributed by atoms with van der Waals surface area (Å²) in [6.07, 6.45) is 0.158. The van der Waals surface area contributed by atoms with Crippen LogP contribution >= 0.6 is 11.3 Å². The van der Waals surface area contributed by atoms with Crippen molar-refractivity contribution >= 4 is 39.3 Å². The molecule has 8 atom stereocenters. The summed E-state index contributed by atoms with van der Waals surface area (Å²) in [5, 5.41) is 3.02. The Hall–Kier alpha value is -2.75. The average Bonchev–Trinajstić information content (AvgIpc) is 3.06. The van der Waals surface area contributed by atoms with Crippen molar-refractivity contribution in [1.82, 2.24) is 4.90 Å². The van der Waals surface area contributed by atoms with Crippen LogP contribution in [-0.4, -0.2) is 73.0 Å². The summed E-state index contributed by atoms with van der Waals surface area (Å²) in [6, 6.07) is 7.40. The molecular weight excluding hydrogens is 482 g/mol. The molecule has 8 nitrogen and oxygen atoms in total. The van der Waals surface area contributed by atoms with Gasteiger partial charge in [-0.15, -0.1) is 11.3 Å². The average molecular weight is 512 g/mol. The molecule has 190 valence electrons. The standard InChI is InChI=1S/C27H29NO7S/c1-13-21-17-10-16(26(31)32-17)22(28(3)4)23(24-27(2,35-24)11-18(21)33-25(13)30)34-20(29)9-14-12-36-19-8-6-5-7-15(14)19/h5-8,10,12-13,17-18,21-24H,9,11H2,1-4H3/t13?,17-,18+,21+,22+,23-,24+,27+/m1/s1. The topological polar surface area (TPSA) is 94.7 Å². The number of hydrogen-bond donors (Lipinski definition) is 0. The van der Waals surface area contributed by atoms with Gasteiger partial charge in [-0.3, -0.25) is 14.5 Å². The Bertz CT molecular complexity index is 1280. The minimum Gasteiger partial charge on any atom is -0.462 e. The fraction of sp³-hybridized carbons (Fsp3) is 0.519. The van der Waals surface area contributed by atoms with Gasteiger partial charge in [-0.1, -0.05) is 25.1 Å². The van der Waals surface area contributed by atoms with E-state index in [0.717, 1.165) is 15.6 Å². The maximum Gasteiger partial charge on any atom is 0.336 e. The number of carbonyl (C=O) groups excluding carboxylic acids is 3. The zero-order valence-corrected chi connectivity index (χ0v) is 21.4. The first-order valence-electron chi connectivity index (χ1n) is 12.3. The maximum atomic E-state index is 13.3. The number of fused-ring (bicyclic) bond motifs is 5. The zero-order valence-electron chi connectivity index (χ0n) is 20.6. The molecule has 1 unspecified atom stereocenters. The molecule has 2 fully saturated rings. The second-order valence-electron chi connectivity index (χ2n) is 10.7. The van der Waals surface area contributed by atoms with Gasteiger partial charge in [0, 0.05) is 17.0 Å². The van der Waals surface area contributed by atoms with E-state index >= 15 is 0 Å². The van der Waals surface area contributed by atoms with Crippen LogP contribution in [0.1, 0.15) is 25.8 Å². The molecule has 1 aromatic heterocycles. The van der Waals surface area contributed by atoms with Crippen LogP contribution in [0.4, 0.5) is 0 Å². The number of thiophene rings is 1. The molecule has 2 saturated heterocycles. The smallest absolute Gasteiger partial charge is 0.336 e. The number of nitrogens with zero attached hydrogens (tertiary/aromatic N) is 1. The van der Waals surface area contributed by atoms with Gasteiger partial charge in [0.05, 0.1) is 29.6 Å². The third-order valence-electron chi connectivity index (χ3n) is 8.04. The van der Waals surface area contributed by atoms with E-state index in [9.17, 15) is 14.4 Å². The van der Waals surface area contributed by atoms with Crippen LogP contribution in [0.15, 0.2) is 41.3 Å². The van der Waals surface area contributed by atoms with E-state index in [1.807, 2.05) is 62.5 Å². The van der Waals surface area contributed by atoms with Crippen molar-refractivity contribution in [1.29, 1.82) is 0 Å². The monoisotopic (exact) mass is 511 g/mol. The molecule has 2 aromatic rings. The van der Waals surface area contributed by atoms with Gasteiger partial charge in [-0.05, 0) is 49.5 Å². The van der Waals surface area contributed by atoms with Crippen LogP contribution < -0.4 is 0 Å². The van der Waals surface area contributed by atoms with Gasteiger partial charge in [0.1, 0.15) is 18.3 Å². The molecule has 0 N–H and O–H groups in total. The van der Waals surface area contributed by atoms with Gasteiger partial charge in [-0.25, -0.2) is 4.79 Å². The van der Waals surface area contributed by atoms with Crippen molar-refractivity contribution in [3.05, 3.63) is 46.9 Å². The summed E-state index contributed by atoms with van der Waals surface area (Å²) in [5.74, 6) is -1.81. The predicted octanol–water partition coefficient (Wildman–Crippen LogP) is 2.88. The lowest BCUT2D eigenvalue weighted by Crippen LogP contribution is -2.49. The Labute approximate surface area is 213 Å². The highest BCUT2D eigenvalue weighted by Crippen LogP contribution is 2.51. The fourth-order valence-corrected chi connectivity index (χ4v) is 7.12. The number of benzene rings is 1.